The molecule has 0 unspecified atom stereocenters. The van der Waals surface area contributed by atoms with Gasteiger partial charge in [0.15, 0.2) is 11.5 Å². The zero-order chi connectivity index (χ0) is 24.5. The highest BCUT2D eigenvalue weighted by molar-refractivity contribution is 5.75. The number of hydrogen-bond donors (Lipinski definition) is 6. The van der Waals surface area contributed by atoms with Crippen LogP contribution in [0.5, 0.6) is 34.5 Å². The van der Waals surface area contributed by atoms with Crippen LogP contribution in [0.4, 0.5) is 0 Å². The number of phenols is 6. The Morgan fingerprint density at radius 3 is 1.62 bits per heavy atom. The van der Waals surface area contributed by atoms with E-state index >= 15 is 0 Å². The summed E-state index contributed by atoms with van der Waals surface area (Å²) in [5, 5.41) is 55.8. The lowest BCUT2D eigenvalue weighted by Gasteiger charge is -2.03. The van der Waals surface area contributed by atoms with Crippen LogP contribution >= 0.6 is 0 Å². The average molecular weight is 456 g/mol. The molecule has 0 fully saturated rings. The third kappa shape index (κ3) is 6.83. The van der Waals surface area contributed by atoms with Crippen LogP contribution in [0.3, 0.4) is 0 Å². The van der Waals surface area contributed by atoms with E-state index in [-0.39, 0.29) is 28.7 Å². The van der Waals surface area contributed by atoms with Crippen LogP contribution in [0.1, 0.15) is 22.3 Å². The van der Waals surface area contributed by atoms with Crippen molar-refractivity contribution >= 4 is 24.3 Å². The minimum atomic E-state index is -0.500. The van der Waals surface area contributed by atoms with Crippen LogP contribution in [-0.4, -0.2) is 30.6 Å². The predicted octanol–water partition coefficient (Wildman–Crippen LogP) is 5.95. The molecule has 0 radical (unpaired) electrons. The van der Waals surface area contributed by atoms with Crippen molar-refractivity contribution in [1.29, 1.82) is 0 Å². The van der Waals surface area contributed by atoms with Crippen molar-refractivity contribution in [3.05, 3.63) is 107 Å². The first-order chi connectivity index (χ1) is 16.3. The van der Waals surface area contributed by atoms with E-state index in [9.17, 15) is 25.5 Å². The molecule has 6 nitrogen and oxygen atoms in total. The van der Waals surface area contributed by atoms with E-state index in [0.717, 1.165) is 11.1 Å². The minimum Gasteiger partial charge on any atom is -0.508 e. The molecule has 0 aromatic heterocycles. The van der Waals surface area contributed by atoms with Crippen molar-refractivity contribution in [2.75, 3.05) is 0 Å². The maximum atomic E-state index is 9.60. The Balaban J connectivity index is 0.000000191. The van der Waals surface area contributed by atoms with E-state index in [1.165, 1.54) is 18.2 Å². The second-order valence-electron chi connectivity index (χ2n) is 7.32. The number of rotatable bonds is 4. The fourth-order valence-electron chi connectivity index (χ4n) is 2.96. The summed E-state index contributed by atoms with van der Waals surface area (Å²) in [4.78, 5) is 0. The van der Waals surface area contributed by atoms with Crippen molar-refractivity contribution in [3.8, 4) is 34.5 Å². The van der Waals surface area contributed by atoms with Gasteiger partial charge in [-0.2, -0.15) is 0 Å². The minimum absolute atomic E-state index is 0.0235. The van der Waals surface area contributed by atoms with Gasteiger partial charge in [0.1, 0.15) is 17.2 Å². The molecule has 0 bridgehead atoms. The van der Waals surface area contributed by atoms with E-state index in [1.54, 1.807) is 48.6 Å². The normalized spacial score (nSPS) is 10.8. The lowest BCUT2D eigenvalue weighted by molar-refractivity contribution is 0.367. The molecule has 0 aliphatic carbocycles. The standard InChI is InChI=1S/2C14H12O3/c15-12-5-3-10(4-6-12)1-2-11-7-13(16)9-14(17)8-11;15-12-9-8-11(13(16)14(12)17)7-6-10-4-2-1-3-5-10/h2*1-9,15-17H/b2-1+;7-6+. The summed E-state index contributed by atoms with van der Waals surface area (Å²) in [6, 6.07) is 23.6. The molecule has 0 spiro atoms. The van der Waals surface area contributed by atoms with E-state index < -0.39 is 5.75 Å². The lowest BCUT2D eigenvalue weighted by atomic mass is 10.1. The van der Waals surface area contributed by atoms with Gasteiger partial charge in [-0.3, -0.25) is 0 Å². The van der Waals surface area contributed by atoms with Gasteiger partial charge >= 0.3 is 0 Å². The zero-order valence-electron chi connectivity index (χ0n) is 18.1. The molecule has 6 N–H and O–H groups in total. The highest BCUT2D eigenvalue weighted by atomic mass is 16.3. The molecule has 4 rings (SSSR count). The molecule has 4 aromatic rings. The molecule has 0 saturated carbocycles. The van der Waals surface area contributed by atoms with Crippen LogP contribution in [0.15, 0.2) is 84.9 Å². The Morgan fingerprint density at radius 1 is 0.412 bits per heavy atom. The van der Waals surface area contributed by atoms with Crippen LogP contribution in [0, 0.1) is 0 Å². The van der Waals surface area contributed by atoms with E-state index in [2.05, 4.69) is 0 Å². The quantitative estimate of drug-likeness (QED) is 0.167. The van der Waals surface area contributed by atoms with Gasteiger partial charge in [-0.25, -0.2) is 0 Å². The molecule has 0 heterocycles. The van der Waals surface area contributed by atoms with Gasteiger partial charge in [0.05, 0.1) is 0 Å². The van der Waals surface area contributed by atoms with Gasteiger partial charge in [0.2, 0.25) is 5.75 Å². The van der Waals surface area contributed by atoms with Gasteiger partial charge < -0.3 is 30.6 Å². The second-order valence-corrected chi connectivity index (χ2v) is 7.32. The first kappa shape index (κ1) is 23.8. The number of hydrogen-bond acceptors (Lipinski definition) is 6. The summed E-state index contributed by atoms with van der Waals surface area (Å²) in [7, 11) is 0. The highest BCUT2D eigenvalue weighted by Crippen LogP contribution is 2.37. The van der Waals surface area contributed by atoms with Crippen molar-refractivity contribution < 1.29 is 30.6 Å². The maximum Gasteiger partial charge on any atom is 0.200 e. The summed E-state index contributed by atoms with van der Waals surface area (Å²) < 4.78 is 0. The topological polar surface area (TPSA) is 121 Å². The molecule has 34 heavy (non-hydrogen) atoms. The predicted molar refractivity (Wildman–Crippen MR) is 134 cm³/mol. The van der Waals surface area contributed by atoms with Crippen LogP contribution < -0.4 is 0 Å². The molecular formula is C28H24O6. The van der Waals surface area contributed by atoms with Gasteiger partial charge in [0.25, 0.3) is 0 Å². The van der Waals surface area contributed by atoms with Crippen molar-refractivity contribution in [1.82, 2.24) is 0 Å². The van der Waals surface area contributed by atoms with Crippen molar-refractivity contribution in [2.24, 2.45) is 0 Å². The third-order valence-electron chi connectivity index (χ3n) is 4.70. The lowest BCUT2D eigenvalue weighted by Crippen LogP contribution is -1.77. The number of aromatic hydroxyl groups is 6. The number of benzene rings is 4. The molecular weight excluding hydrogens is 432 g/mol. The first-order valence-electron chi connectivity index (χ1n) is 10.3. The van der Waals surface area contributed by atoms with E-state index in [1.807, 2.05) is 42.5 Å². The fraction of sp³-hybridized carbons (Fsp3) is 0. The summed E-state index contributed by atoms with van der Waals surface area (Å²) in [5.41, 5.74) is 3.06. The van der Waals surface area contributed by atoms with E-state index in [4.69, 9.17) is 5.11 Å². The highest BCUT2D eigenvalue weighted by Gasteiger charge is 2.08. The smallest absolute Gasteiger partial charge is 0.200 e. The largest absolute Gasteiger partial charge is 0.508 e. The van der Waals surface area contributed by atoms with Crippen LogP contribution in [0.25, 0.3) is 24.3 Å². The van der Waals surface area contributed by atoms with Crippen LogP contribution in [-0.2, 0) is 0 Å². The molecule has 6 heteroatoms. The first-order valence-corrected chi connectivity index (χ1v) is 10.3. The molecule has 0 saturated heterocycles. The average Bonchev–Trinajstić information content (AvgIpc) is 2.82. The molecule has 0 atom stereocenters. The molecule has 0 amide bonds. The van der Waals surface area contributed by atoms with Crippen molar-refractivity contribution in [2.45, 2.75) is 0 Å². The Hall–Kier alpha value is -4.84. The Kier molecular flexibility index (Phi) is 7.81. The monoisotopic (exact) mass is 456 g/mol. The summed E-state index contributed by atoms with van der Waals surface area (Å²) in [6.45, 7) is 0. The molecule has 0 aliphatic heterocycles. The zero-order valence-corrected chi connectivity index (χ0v) is 18.1. The van der Waals surface area contributed by atoms with Gasteiger partial charge in [0, 0.05) is 11.6 Å². The summed E-state index contributed by atoms with van der Waals surface area (Å²) in [5.74, 6) is -0.889. The maximum absolute atomic E-state index is 9.60. The third-order valence-corrected chi connectivity index (χ3v) is 4.70. The number of phenolic OH excluding ortho intramolecular Hbond substituents is 6. The molecule has 4 aromatic carbocycles. The van der Waals surface area contributed by atoms with Crippen molar-refractivity contribution in [3.63, 3.8) is 0 Å². The van der Waals surface area contributed by atoms with Gasteiger partial charge in [-0.1, -0.05) is 66.8 Å². The second kappa shape index (κ2) is 11.2. The summed E-state index contributed by atoms with van der Waals surface area (Å²) >= 11 is 0. The molecule has 0 aliphatic rings. The van der Waals surface area contributed by atoms with Crippen LogP contribution in [0.2, 0.25) is 0 Å². The SMILES string of the molecule is Oc1ccc(/C=C/c2cc(O)cc(O)c2)cc1.Oc1ccc(/C=C/c2ccccc2)c(O)c1O. The Labute approximate surface area is 196 Å². The fourth-order valence-corrected chi connectivity index (χ4v) is 2.96. The Morgan fingerprint density at radius 2 is 0.971 bits per heavy atom. The molecule has 172 valence electrons. The van der Waals surface area contributed by atoms with Gasteiger partial charge in [-0.05, 0) is 53.1 Å². The van der Waals surface area contributed by atoms with E-state index in [0.29, 0.717) is 11.1 Å². The Bertz CT molecular complexity index is 1270. The van der Waals surface area contributed by atoms with Gasteiger partial charge in [-0.15, -0.1) is 0 Å². The summed E-state index contributed by atoms with van der Waals surface area (Å²) in [6.07, 6.45) is 7.08.